The van der Waals surface area contributed by atoms with Crippen LogP contribution in [0.3, 0.4) is 0 Å². The largest absolute Gasteiger partial charge is 0.393 e. The normalized spacial score (nSPS) is 15.3. The molecule has 1 aliphatic carbocycles. The molecule has 18 heavy (non-hydrogen) atoms. The molecule has 0 bridgehead atoms. The van der Waals surface area contributed by atoms with E-state index in [1.54, 1.807) is 0 Å². The highest BCUT2D eigenvalue weighted by atomic mass is 32.1. The number of rotatable bonds is 7. The third-order valence-electron chi connectivity index (χ3n) is 3.36. The maximum Gasteiger partial charge on any atom is 0.0740 e. The third-order valence-corrected chi connectivity index (χ3v) is 3.56. The van der Waals surface area contributed by atoms with Gasteiger partial charge in [-0.3, -0.25) is 9.58 Å². The molecule has 1 fully saturated rings. The summed E-state index contributed by atoms with van der Waals surface area (Å²) in [5.41, 5.74) is 7.99. The molecule has 5 heteroatoms. The summed E-state index contributed by atoms with van der Waals surface area (Å²) in [6.45, 7) is 7.03. The standard InChI is InChI=1S/C13H22N4S/c1-3-17-12(8-10(2)15-17)9-16(11-4-5-11)7-6-13(14)18/h8,11H,3-7,9H2,1-2H3,(H2,14,18). The summed E-state index contributed by atoms with van der Waals surface area (Å²) in [7, 11) is 0. The van der Waals surface area contributed by atoms with Gasteiger partial charge in [0.05, 0.1) is 16.4 Å². The lowest BCUT2D eigenvalue weighted by atomic mass is 10.3. The Kier molecular flexibility index (Phi) is 4.35. The SMILES string of the molecule is CCn1nc(C)cc1CN(CCC(N)=S)C1CC1. The molecule has 100 valence electrons. The second kappa shape index (κ2) is 5.80. The highest BCUT2D eigenvalue weighted by molar-refractivity contribution is 7.80. The summed E-state index contributed by atoms with van der Waals surface area (Å²) >= 11 is 4.97. The molecule has 1 aromatic rings. The Bertz CT molecular complexity index is 423. The van der Waals surface area contributed by atoms with Gasteiger partial charge in [0.25, 0.3) is 0 Å². The Morgan fingerprint density at radius 3 is 2.89 bits per heavy atom. The topological polar surface area (TPSA) is 47.1 Å². The van der Waals surface area contributed by atoms with Gasteiger partial charge in [-0.15, -0.1) is 0 Å². The van der Waals surface area contributed by atoms with Gasteiger partial charge < -0.3 is 5.73 Å². The molecule has 0 spiro atoms. The summed E-state index contributed by atoms with van der Waals surface area (Å²) in [6, 6.07) is 2.90. The molecule has 0 radical (unpaired) electrons. The molecular weight excluding hydrogens is 244 g/mol. The van der Waals surface area contributed by atoms with E-state index in [0.717, 1.165) is 37.8 Å². The van der Waals surface area contributed by atoms with Crippen LogP contribution in [0.1, 0.15) is 37.6 Å². The van der Waals surface area contributed by atoms with Crippen LogP contribution < -0.4 is 5.73 Å². The summed E-state index contributed by atoms with van der Waals surface area (Å²) < 4.78 is 2.09. The van der Waals surface area contributed by atoms with Gasteiger partial charge in [-0.25, -0.2) is 0 Å². The van der Waals surface area contributed by atoms with Crippen LogP contribution in [0.15, 0.2) is 6.07 Å². The molecule has 2 rings (SSSR count). The maximum atomic E-state index is 5.60. The van der Waals surface area contributed by atoms with Crippen molar-refractivity contribution in [1.82, 2.24) is 14.7 Å². The Labute approximate surface area is 114 Å². The van der Waals surface area contributed by atoms with Crippen molar-refractivity contribution in [3.63, 3.8) is 0 Å². The minimum absolute atomic E-state index is 0.612. The van der Waals surface area contributed by atoms with Crippen LogP contribution in [0.5, 0.6) is 0 Å². The highest BCUT2D eigenvalue weighted by Gasteiger charge is 2.29. The molecule has 2 N–H and O–H groups in total. The van der Waals surface area contributed by atoms with Crippen LogP contribution in [-0.2, 0) is 13.1 Å². The summed E-state index contributed by atoms with van der Waals surface area (Å²) in [5.74, 6) is 0. The van der Waals surface area contributed by atoms with Crippen LogP contribution in [0.2, 0.25) is 0 Å². The van der Waals surface area contributed by atoms with Crippen LogP contribution in [0.4, 0.5) is 0 Å². The number of aryl methyl sites for hydroxylation is 2. The van der Waals surface area contributed by atoms with E-state index in [1.807, 2.05) is 6.92 Å². The van der Waals surface area contributed by atoms with Crippen LogP contribution in [-0.4, -0.2) is 32.3 Å². The Hall–Kier alpha value is -0.940. The van der Waals surface area contributed by atoms with Crippen LogP contribution in [0.25, 0.3) is 0 Å². The van der Waals surface area contributed by atoms with Gasteiger partial charge in [-0.05, 0) is 32.8 Å². The van der Waals surface area contributed by atoms with E-state index >= 15 is 0 Å². The van der Waals surface area contributed by atoms with Gasteiger partial charge in [-0.2, -0.15) is 5.10 Å². The van der Waals surface area contributed by atoms with E-state index < -0.39 is 0 Å². The number of nitrogens with two attached hydrogens (primary N) is 1. The smallest absolute Gasteiger partial charge is 0.0740 e. The molecule has 1 aliphatic rings. The van der Waals surface area contributed by atoms with Gasteiger partial charge in [-0.1, -0.05) is 12.2 Å². The lowest BCUT2D eigenvalue weighted by Gasteiger charge is -2.21. The van der Waals surface area contributed by atoms with Crippen molar-refractivity contribution in [2.24, 2.45) is 5.73 Å². The number of thiocarbonyl (C=S) groups is 1. The molecule has 0 saturated heterocycles. The second-order valence-electron chi connectivity index (χ2n) is 5.01. The monoisotopic (exact) mass is 266 g/mol. The zero-order chi connectivity index (χ0) is 13.1. The first-order valence-corrected chi connectivity index (χ1v) is 7.06. The Morgan fingerprint density at radius 1 is 1.61 bits per heavy atom. The quantitative estimate of drug-likeness (QED) is 0.765. The zero-order valence-electron chi connectivity index (χ0n) is 11.2. The average Bonchev–Trinajstić information content (AvgIpc) is 3.09. The van der Waals surface area contributed by atoms with E-state index in [-0.39, 0.29) is 0 Å². The first-order valence-electron chi connectivity index (χ1n) is 6.65. The van der Waals surface area contributed by atoms with Crippen molar-refractivity contribution in [3.8, 4) is 0 Å². The number of nitrogens with zero attached hydrogens (tertiary/aromatic N) is 3. The van der Waals surface area contributed by atoms with Crippen LogP contribution >= 0.6 is 12.2 Å². The molecule has 0 atom stereocenters. The maximum absolute atomic E-state index is 5.60. The van der Waals surface area contributed by atoms with Gasteiger partial charge in [0, 0.05) is 32.1 Å². The fourth-order valence-corrected chi connectivity index (χ4v) is 2.38. The van der Waals surface area contributed by atoms with Crippen molar-refractivity contribution in [3.05, 3.63) is 17.5 Å². The fraction of sp³-hybridized carbons (Fsp3) is 0.692. The Balaban J connectivity index is 2.01. The van der Waals surface area contributed by atoms with E-state index in [2.05, 4.69) is 27.7 Å². The summed E-state index contributed by atoms with van der Waals surface area (Å²) in [5, 5.41) is 4.50. The van der Waals surface area contributed by atoms with E-state index in [4.69, 9.17) is 18.0 Å². The molecule has 0 aromatic carbocycles. The molecule has 4 nitrogen and oxygen atoms in total. The first-order chi connectivity index (χ1) is 8.60. The van der Waals surface area contributed by atoms with Gasteiger partial charge >= 0.3 is 0 Å². The molecular formula is C13H22N4S. The third kappa shape index (κ3) is 3.53. The van der Waals surface area contributed by atoms with Crippen molar-refractivity contribution in [1.29, 1.82) is 0 Å². The first kappa shape index (κ1) is 13.5. The predicted molar refractivity (Wildman–Crippen MR) is 77.5 cm³/mol. The van der Waals surface area contributed by atoms with E-state index in [1.165, 1.54) is 18.5 Å². The second-order valence-corrected chi connectivity index (χ2v) is 5.54. The molecule has 1 heterocycles. The number of aromatic nitrogens is 2. The predicted octanol–water partition coefficient (Wildman–Crippen LogP) is 1.85. The van der Waals surface area contributed by atoms with Gasteiger partial charge in [0.1, 0.15) is 0 Å². The lowest BCUT2D eigenvalue weighted by Crippen LogP contribution is -2.30. The van der Waals surface area contributed by atoms with E-state index in [9.17, 15) is 0 Å². The molecule has 1 saturated carbocycles. The molecule has 0 aliphatic heterocycles. The van der Waals surface area contributed by atoms with E-state index in [0.29, 0.717) is 4.99 Å². The van der Waals surface area contributed by atoms with Crippen LogP contribution in [0, 0.1) is 6.92 Å². The summed E-state index contributed by atoms with van der Waals surface area (Å²) in [4.78, 5) is 3.10. The van der Waals surface area contributed by atoms with Crippen molar-refractivity contribution < 1.29 is 0 Å². The Morgan fingerprint density at radius 2 is 2.33 bits per heavy atom. The minimum Gasteiger partial charge on any atom is -0.393 e. The van der Waals surface area contributed by atoms with Gasteiger partial charge in [0.15, 0.2) is 0 Å². The van der Waals surface area contributed by atoms with Crippen molar-refractivity contribution >= 4 is 17.2 Å². The highest BCUT2D eigenvalue weighted by Crippen LogP contribution is 2.28. The fourth-order valence-electron chi connectivity index (χ4n) is 2.29. The minimum atomic E-state index is 0.612. The molecule has 1 aromatic heterocycles. The summed E-state index contributed by atoms with van der Waals surface area (Å²) in [6.07, 6.45) is 3.41. The average molecular weight is 266 g/mol. The van der Waals surface area contributed by atoms with Crippen molar-refractivity contribution in [2.45, 2.75) is 52.2 Å². The molecule has 0 amide bonds. The van der Waals surface area contributed by atoms with Gasteiger partial charge in [0.2, 0.25) is 0 Å². The number of hydrogen-bond acceptors (Lipinski definition) is 3. The molecule has 0 unspecified atom stereocenters. The van der Waals surface area contributed by atoms with Crippen molar-refractivity contribution in [2.75, 3.05) is 6.54 Å². The lowest BCUT2D eigenvalue weighted by molar-refractivity contribution is 0.254. The zero-order valence-corrected chi connectivity index (χ0v) is 12.0. The number of hydrogen-bond donors (Lipinski definition) is 1.